The van der Waals surface area contributed by atoms with Crippen molar-refractivity contribution >= 4 is 24.2 Å². The van der Waals surface area contributed by atoms with E-state index in [4.69, 9.17) is 5.73 Å². The Bertz CT molecular complexity index is 572. The summed E-state index contributed by atoms with van der Waals surface area (Å²) in [6.45, 7) is 1.42. The third-order valence-electron chi connectivity index (χ3n) is 3.68. The van der Waals surface area contributed by atoms with Gasteiger partial charge in [-0.2, -0.15) is 0 Å². The summed E-state index contributed by atoms with van der Waals surface area (Å²) >= 11 is 0. The van der Waals surface area contributed by atoms with E-state index in [1.54, 1.807) is 0 Å². The molecule has 1 fully saturated rings. The number of piperidine rings is 1. The van der Waals surface area contributed by atoms with Crippen LogP contribution >= 0.6 is 12.4 Å². The highest BCUT2D eigenvalue weighted by molar-refractivity contribution is 5.95. The fourth-order valence-corrected chi connectivity index (χ4v) is 2.55. The molecule has 5 nitrogen and oxygen atoms in total. The van der Waals surface area contributed by atoms with Crippen LogP contribution in [0.1, 0.15) is 23.2 Å². The summed E-state index contributed by atoms with van der Waals surface area (Å²) in [7, 11) is 0. The van der Waals surface area contributed by atoms with Gasteiger partial charge in [-0.05, 0) is 25.0 Å². The van der Waals surface area contributed by atoms with E-state index in [0.29, 0.717) is 38.5 Å². The predicted molar refractivity (Wildman–Crippen MR) is 84.3 cm³/mol. The molecule has 1 aliphatic rings. The molecule has 2 amide bonds. The molecule has 0 bridgehead atoms. The van der Waals surface area contributed by atoms with Crippen molar-refractivity contribution in [2.45, 2.75) is 12.8 Å². The minimum Gasteiger partial charge on any atom is -0.355 e. The molecule has 0 saturated carbocycles. The topological polar surface area (TPSA) is 75.4 Å². The van der Waals surface area contributed by atoms with E-state index in [0.717, 1.165) is 12.1 Å². The van der Waals surface area contributed by atoms with E-state index in [1.807, 2.05) is 0 Å². The number of amides is 2. The van der Waals surface area contributed by atoms with Crippen LogP contribution in [-0.4, -0.2) is 42.9 Å². The first-order chi connectivity index (χ1) is 10.5. The Morgan fingerprint density at radius 2 is 2.09 bits per heavy atom. The lowest BCUT2D eigenvalue weighted by Gasteiger charge is -2.32. The average molecular weight is 348 g/mol. The molecule has 3 N–H and O–H groups in total. The highest BCUT2D eigenvalue weighted by atomic mass is 35.5. The lowest BCUT2D eigenvalue weighted by molar-refractivity contribution is -0.126. The van der Waals surface area contributed by atoms with Crippen molar-refractivity contribution in [1.29, 1.82) is 0 Å². The second-order valence-corrected chi connectivity index (χ2v) is 5.29. The Hall–Kier alpha value is -1.73. The number of likely N-dealkylation sites (tertiary alicyclic amines) is 1. The van der Waals surface area contributed by atoms with Gasteiger partial charge in [-0.15, -0.1) is 12.4 Å². The second-order valence-electron chi connectivity index (χ2n) is 5.29. The molecular formula is C15H20ClF2N3O2. The standard InChI is InChI=1S/C15H19F2N3O2.ClH/c16-11-3-4-12(13(17)8-11)15(22)20-7-1-2-10(9-20)14(21)19-6-5-18;/h3-4,8,10H,1-2,5-7,9,18H2,(H,19,21);1H. The number of nitrogens with two attached hydrogens (primary N) is 1. The van der Waals surface area contributed by atoms with Crippen LogP contribution in [0.15, 0.2) is 18.2 Å². The summed E-state index contributed by atoms with van der Waals surface area (Å²) in [4.78, 5) is 25.7. The Labute approximate surface area is 139 Å². The molecule has 0 aromatic heterocycles. The Morgan fingerprint density at radius 1 is 1.35 bits per heavy atom. The van der Waals surface area contributed by atoms with E-state index in [2.05, 4.69) is 5.32 Å². The van der Waals surface area contributed by atoms with Crippen LogP contribution in [0, 0.1) is 17.6 Å². The monoisotopic (exact) mass is 347 g/mol. The lowest BCUT2D eigenvalue weighted by Crippen LogP contribution is -2.46. The van der Waals surface area contributed by atoms with Gasteiger partial charge in [-0.25, -0.2) is 8.78 Å². The van der Waals surface area contributed by atoms with Crippen molar-refractivity contribution in [3.63, 3.8) is 0 Å². The van der Waals surface area contributed by atoms with Crippen molar-refractivity contribution in [1.82, 2.24) is 10.2 Å². The van der Waals surface area contributed by atoms with Crippen molar-refractivity contribution < 1.29 is 18.4 Å². The lowest BCUT2D eigenvalue weighted by atomic mass is 9.96. The van der Waals surface area contributed by atoms with Crippen LogP contribution in [0.5, 0.6) is 0 Å². The molecule has 1 aliphatic heterocycles. The van der Waals surface area contributed by atoms with Gasteiger partial charge >= 0.3 is 0 Å². The number of carbonyl (C=O) groups excluding carboxylic acids is 2. The summed E-state index contributed by atoms with van der Waals surface area (Å²) in [5.74, 6) is -2.62. The Balaban J connectivity index is 0.00000264. The number of hydrogen-bond donors (Lipinski definition) is 2. The molecule has 1 heterocycles. The molecule has 0 radical (unpaired) electrons. The van der Waals surface area contributed by atoms with Crippen molar-refractivity contribution in [3.8, 4) is 0 Å². The van der Waals surface area contributed by atoms with Crippen LogP contribution < -0.4 is 11.1 Å². The zero-order chi connectivity index (χ0) is 16.1. The molecule has 1 atom stereocenters. The van der Waals surface area contributed by atoms with E-state index in [9.17, 15) is 18.4 Å². The van der Waals surface area contributed by atoms with Gasteiger partial charge < -0.3 is 16.0 Å². The third-order valence-corrected chi connectivity index (χ3v) is 3.68. The SMILES string of the molecule is Cl.NCCNC(=O)C1CCCN(C(=O)c2ccc(F)cc2F)C1. The van der Waals surface area contributed by atoms with Gasteiger partial charge in [0.05, 0.1) is 11.5 Å². The zero-order valence-electron chi connectivity index (χ0n) is 12.6. The predicted octanol–water partition coefficient (Wildman–Crippen LogP) is 1.31. The number of carbonyl (C=O) groups is 2. The molecule has 1 aromatic carbocycles. The fourth-order valence-electron chi connectivity index (χ4n) is 2.55. The minimum absolute atomic E-state index is 0. The van der Waals surface area contributed by atoms with Gasteiger partial charge in [0, 0.05) is 32.2 Å². The number of nitrogens with zero attached hydrogens (tertiary/aromatic N) is 1. The second kappa shape index (κ2) is 8.79. The number of rotatable bonds is 4. The maximum Gasteiger partial charge on any atom is 0.256 e. The molecule has 2 rings (SSSR count). The largest absolute Gasteiger partial charge is 0.355 e. The van der Waals surface area contributed by atoms with Gasteiger partial charge in [0.2, 0.25) is 5.91 Å². The van der Waals surface area contributed by atoms with E-state index < -0.39 is 17.5 Å². The number of benzene rings is 1. The quantitative estimate of drug-likeness (QED) is 0.862. The number of hydrogen-bond acceptors (Lipinski definition) is 3. The first-order valence-corrected chi connectivity index (χ1v) is 7.25. The Kier molecular flexibility index (Phi) is 7.38. The summed E-state index contributed by atoms with van der Waals surface area (Å²) in [5.41, 5.74) is 5.16. The fraction of sp³-hybridized carbons (Fsp3) is 0.467. The summed E-state index contributed by atoms with van der Waals surface area (Å²) in [5, 5.41) is 2.69. The summed E-state index contributed by atoms with van der Waals surface area (Å²) in [6.07, 6.45) is 1.33. The summed E-state index contributed by atoms with van der Waals surface area (Å²) in [6, 6.07) is 2.86. The maximum absolute atomic E-state index is 13.7. The smallest absolute Gasteiger partial charge is 0.256 e. The van der Waals surface area contributed by atoms with E-state index >= 15 is 0 Å². The maximum atomic E-state index is 13.7. The van der Waals surface area contributed by atoms with E-state index in [-0.39, 0.29) is 36.3 Å². The van der Waals surface area contributed by atoms with Gasteiger partial charge in [0.1, 0.15) is 11.6 Å². The van der Waals surface area contributed by atoms with Gasteiger partial charge in [0.25, 0.3) is 5.91 Å². The van der Waals surface area contributed by atoms with Crippen LogP contribution in [0.2, 0.25) is 0 Å². The number of halogens is 3. The van der Waals surface area contributed by atoms with Crippen LogP contribution in [0.25, 0.3) is 0 Å². The van der Waals surface area contributed by atoms with Crippen LogP contribution in [0.4, 0.5) is 8.78 Å². The summed E-state index contributed by atoms with van der Waals surface area (Å²) < 4.78 is 26.6. The molecule has 1 unspecified atom stereocenters. The van der Waals surface area contributed by atoms with Crippen molar-refractivity contribution in [2.75, 3.05) is 26.2 Å². The molecule has 0 spiro atoms. The molecule has 128 valence electrons. The minimum atomic E-state index is -0.889. The molecule has 1 aromatic rings. The Morgan fingerprint density at radius 3 is 2.74 bits per heavy atom. The van der Waals surface area contributed by atoms with E-state index in [1.165, 1.54) is 4.90 Å². The molecule has 8 heteroatoms. The third kappa shape index (κ3) is 4.87. The molecule has 0 aliphatic carbocycles. The van der Waals surface area contributed by atoms with Crippen molar-refractivity contribution in [3.05, 3.63) is 35.4 Å². The van der Waals surface area contributed by atoms with Gasteiger partial charge in [-0.3, -0.25) is 9.59 Å². The average Bonchev–Trinajstić information content (AvgIpc) is 2.52. The number of nitrogens with one attached hydrogen (secondary N) is 1. The van der Waals surface area contributed by atoms with Crippen molar-refractivity contribution in [2.24, 2.45) is 11.7 Å². The van der Waals surface area contributed by atoms with Gasteiger partial charge in [0.15, 0.2) is 0 Å². The molecule has 23 heavy (non-hydrogen) atoms. The normalized spacial score (nSPS) is 17.3. The van der Waals surface area contributed by atoms with Gasteiger partial charge in [-0.1, -0.05) is 0 Å². The van der Waals surface area contributed by atoms with Crippen LogP contribution in [-0.2, 0) is 4.79 Å². The highest BCUT2D eigenvalue weighted by Crippen LogP contribution is 2.20. The molecule has 1 saturated heterocycles. The van der Waals surface area contributed by atoms with Crippen LogP contribution in [0.3, 0.4) is 0 Å². The first-order valence-electron chi connectivity index (χ1n) is 7.25. The molecular weight excluding hydrogens is 328 g/mol. The highest BCUT2D eigenvalue weighted by Gasteiger charge is 2.29. The first kappa shape index (κ1) is 19.3. The zero-order valence-corrected chi connectivity index (χ0v) is 13.4.